The number of esters is 1. The lowest BCUT2D eigenvalue weighted by Crippen LogP contribution is -2.44. The molecule has 176 valence electrons. The Kier molecular flexibility index (Phi) is 7.07. The van der Waals surface area contributed by atoms with Crippen LogP contribution in [0.5, 0.6) is 0 Å². The van der Waals surface area contributed by atoms with Crippen LogP contribution in [0.4, 0.5) is 5.69 Å². The first-order valence-electron chi connectivity index (χ1n) is 11.2. The average molecular weight is 491 g/mol. The van der Waals surface area contributed by atoms with Crippen LogP contribution in [0.1, 0.15) is 48.5 Å². The van der Waals surface area contributed by atoms with Gasteiger partial charge in [0.15, 0.2) is 6.61 Å². The quantitative estimate of drug-likeness (QED) is 0.590. The number of sulfonamides is 1. The number of hydrogen-bond acceptors (Lipinski definition) is 5. The molecule has 7 nitrogen and oxygen atoms in total. The predicted octanol–water partition coefficient (Wildman–Crippen LogP) is 4.04. The van der Waals surface area contributed by atoms with Gasteiger partial charge in [0.25, 0.3) is 5.91 Å². The summed E-state index contributed by atoms with van der Waals surface area (Å²) in [4.78, 5) is 27.3. The second kappa shape index (κ2) is 9.83. The molecule has 2 heterocycles. The zero-order valence-corrected chi connectivity index (χ0v) is 20.1. The molecule has 0 saturated carbocycles. The van der Waals surface area contributed by atoms with Gasteiger partial charge in [0.2, 0.25) is 10.0 Å². The van der Waals surface area contributed by atoms with Gasteiger partial charge < -0.3 is 9.64 Å². The van der Waals surface area contributed by atoms with Crippen molar-refractivity contribution in [3.8, 4) is 0 Å². The molecule has 1 unspecified atom stereocenters. The molecule has 1 amide bonds. The van der Waals surface area contributed by atoms with Gasteiger partial charge >= 0.3 is 5.97 Å². The minimum absolute atomic E-state index is 0.00865. The third kappa shape index (κ3) is 4.93. The van der Waals surface area contributed by atoms with Crippen molar-refractivity contribution in [2.24, 2.45) is 0 Å². The van der Waals surface area contributed by atoms with Crippen LogP contribution < -0.4 is 4.90 Å². The van der Waals surface area contributed by atoms with E-state index in [0.29, 0.717) is 13.1 Å². The summed E-state index contributed by atoms with van der Waals surface area (Å²) in [6, 6.07) is 11.7. The normalized spacial score (nSPS) is 19.1. The molecular weight excluding hydrogens is 464 g/mol. The number of nitrogens with zero attached hydrogens (tertiary/aromatic N) is 2. The lowest BCUT2D eigenvalue weighted by Gasteiger charge is -2.35. The summed E-state index contributed by atoms with van der Waals surface area (Å²) in [5.74, 6) is -1.17. The lowest BCUT2D eigenvalue weighted by atomic mass is 9.96. The largest absolute Gasteiger partial charge is 0.452 e. The van der Waals surface area contributed by atoms with E-state index in [4.69, 9.17) is 16.3 Å². The average Bonchev–Trinajstić information content (AvgIpc) is 2.83. The fourth-order valence-electron chi connectivity index (χ4n) is 4.42. The summed E-state index contributed by atoms with van der Waals surface area (Å²) in [5, 5.41) is 0.0710. The maximum Gasteiger partial charge on any atom is 0.340 e. The minimum Gasteiger partial charge on any atom is -0.452 e. The summed E-state index contributed by atoms with van der Waals surface area (Å²) in [6.45, 7) is 2.40. The van der Waals surface area contributed by atoms with E-state index >= 15 is 0 Å². The SMILES string of the molecule is CC1CCc2ccccc2N1C(=O)COC(=O)c1cc(S(=O)(=O)N2CCCCC2)ccc1Cl. The Morgan fingerprint density at radius 1 is 1.09 bits per heavy atom. The molecule has 2 aliphatic heterocycles. The number of carbonyl (C=O) groups is 2. The number of fused-ring (bicyclic) bond motifs is 1. The van der Waals surface area contributed by atoms with Gasteiger partial charge in [0.05, 0.1) is 15.5 Å². The predicted molar refractivity (Wildman–Crippen MR) is 126 cm³/mol. The number of rotatable bonds is 5. The zero-order chi connectivity index (χ0) is 23.6. The third-order valence-corrected chi connectivity index (χ3v) is 8.45. The van der Waals surface area contributed by atoms with Crippen molar-refractivity contribution < 1.29 is 22.7 Å². The van der Waals surface area contributed by atoms with Crippen molar-refractivity contribution in [1.82, 2.24) is 4.31 Å². The maximum absolute atomic E-state index is 13.0. The summed E-state index contributed by atoms with van der Waals surface area (Å²) in [6.07, 6.45) is 4.32. The Labute approximate surface area is 199 Å². The van der Waals surface area contributed by atoms with E-state index in [1.807, 2.05) is 31.2 Å². The Bertz CT molecular complexity index is 1160. The zero-order valence-electron chi connectivity index (χ0n) is 18.5. The number of anilines is 1. The molecule has 0 aliphatic carbocycles. The van der Waals surface area contributed by atoms with Crippen molar-refractivity contribution in [3.05, 3.63) is 58.6 Å². The number of amides is 1. The van der Waals surface area contributed by atoms with Gasteiger partial charge in [-0.25, -0.2) is 13.2 Å². The van der Waals surface area contributed by atoms with Gasteiger partial charge in [-0.05, 0) is 62.4 Å². The summed E-state index contributed by atoms with van der Waals surface area (Å²) >= 11 is 6.18. The van der Waals surface area contributed by atoms with E-state index in [-0.39, 0.29) is 27.4 Å². The Balaban J connectivity index is 1.49. The van der Waals surface area contributed by atoms with E-state index in [2.05, 4.69) is 0 Å². The highest BCUT2D eigenvalue weighted by Gasteiger charge is 2.30. The summed E-state index contributed by atoms with van der Waals surface area (Å²) < 4.78 is 32.6. The van der Waals surface area contributed by atoms with Crippen LogP contribution in [-0.2, 0) is 26.0 Å². The Morgan fingerprint density at radius 2 is 1.82 bits per heavy atom. The van der Waals surface area contributed by atoms with Crippen molar-refractivity contribution in [3.63, 3.8) is 0 Å². The molecule has 0 radical (unpaired) electrons. The molecule has 1 atom stereocenters. The van der Waals surface area contributed by atoms with Crippen molar-refractivity contribution in [1.29, 1.82) is 0 Å². The van der Waals surface area contributed by atoms with Gasteiger partial charge in [-0.3, -0.25) is 4.79 Å². The number of halogens is 1. The first kappa shape index (κ1) is 23.7. The van der Waals surface area contributed by atoms with Crippen LogP contribution in [0, 0.1) is 0 Å². The third-order valence-electron chi connectivity index (χ3n) is 6.23. The van der Waals surface area contributed by atoms with E-state index in [0.717, 1.165) is 43.4 Å². The van der Waals surface area contributed by atoms with Crippen LogP contribution in [0.25, 0.3) is 0 Å². The van der Waals surface area contributed by atoms with Crippen molar-refractivity contribution in [2.75, 3.05) is 24.6 Å². The molecule has 0 N–H and O–H groups in total. The fraction of sp³-hybridized carbons (Fsp3) is 0.417. The molecule has 0 aromatic heterocycles. The highest BCUT2D eigenvalue weighted by Crippen LogP contribution is 2.31. The van der Waals surface area contributed by atoms with Crippen LogP contribution in [0.2, 0.25) is 5.02 Å². The van der Waals surface area contributed by atoms with Crippen LogP contribution in [0.15, 0.2) is 47.4 Å². The molecule has 1 saturated heterocycles. The summed E-state index contributed by atoms with van der Waals surface area (Å²) in [7, 11) is -3.73. The first-order valence-corrected chi connectivity index (χ1v) is 13.0. The number of benzene rings is 2. The molecule has 2 aromatic carbocycles. The van der Waals surface area contributed by atoms with Gasteiger partial charge in [0.1, 0.15) is 0 Å². The van der Waals surface area contributed by atoms with Gasteiger partial charge in [-0.15, -0.1) is 0 Å². The number of aryl methyl sites for hydroxylation is 1. The topological polar surface area (TPSA) is 84.0 Å². The molecule has 9 heteroatoms. The molecule has 2 aliphatic rings. The number of ether oxygens (including phenoxy) is 1. The highest BCUT2D eigenvalue weighted by molar-refractivity contribution is 7.89. The van der Waals surface area contributed by atoms with Crippen LogP contribution >= 0.6 is 11.6 Å². The van der Waals surface area contributed by atoms with Crippen LogP contribution in [-0.4, -0.2) is 50.3 Å². The second-order valence-electron chi connectivity index (χ2n) is 8.46. The van der Waals surface area contributed by atoms with Gasteiger partial charge in [-0.1, -0.05) is 36.2 Å². The van der Waals surface area contributed by atoms with Gasteiger partial charge in [0, 0.05) is 24.8 Å². The van der Waals surface area contributed by atoms with E-state index in [1.165, 1.54) is 22.5 Å². The molecule has 33 heavy (non-hydrogen) atoms. The summed E-state index contributed by atoms with van der Waals surface area (Å²) in [5.41, 5.74) is 1.83. The smallest absolute Gasteiger partial charge is 0.340 e. The maximum atomic E-state index is 13.0. The van der Waals surface area contributed by atoms with E-state index in [1.54, 1.807) is 4.90 Å². The first-order chi connectivity index (χ1) is 15.8. The molecule has 4 rings (SSSR count). The number of carbonyl (C=O) groups excluding carboxylic acids is 2. The van der Waals surface area contributed by atoms with Crippen LogP contribution in [0.3, 0.4) is 0 Å². The van der Waals surface area contributed by atoms with Gasteiger partial charge in [-0.2, -0.15) is 4.31 Å². The van der Waals surface area contributed by atoms with Crippen molar-refractivity contribution >= 4 is 39.2 Å². The lowest BCUT2D eigenvalue weighted by molar-refractivity contribution is -0.122. The van der Waals surface area contributed by atoms with Crippen molar-refractivity contribution in [2.45, 2.75) is 50.0 Å². The molecule has 2 aromatic rings. The molecule has 1 fully saturated rings. The monoisotopic (exact) mass is 490 g/mol. The van der Waals surface area contributed by atoms with E-state index in [9.17, 15) is 18.0 Å². The highest BCUT2D eigenvalue weighted by atomic mass is 35.5. The Morgan fingerprint density at radius 3 is 2.58 bits per heavy atom. The molecule has 0 bridgehead atoms. The number of hydrogen-bond donors (Lipinski definition) is 0. The minimum atomic E-state index is -3.73. The van der Waals surface area contributed by atoms with E-state index < -0.39 is 22.6 Å². The molecular formula is C24H27ClN2O5S. The molecule has 0 spiro atoms. The number of piperidine rings is 1. The fourth-order valence-corrected chi connectivity index (χ4v) is 6.16. The standard InChI is InChI=1S/C24H27ClN2O5S/c1-17-9-10-18-7-3-4-8-22(18)27(17)23(28)16-32-24(29)20-15-19(11-12-21(20)25)33(30,31)26-13-5-2-6-14-26/h3-4,7-8,11-12,15,17H,2,5-6,9-10,13-14,16H2,1H3. The Hall–Kier alpha value is -2.42. The number of para-hydroxylation sites is 1. The second-order valence-corrected chi connectivity index (χ2v) is 10.8.